The molecule has 3 heteroatoms. The molecule has 0 aliphatic heterocycles. The lowest BCUT2D eigenvalue weighted by molar-refractivity contribution is 0.161. The van der Waals surface area contributed by atoms with Gasteiger partial charge < -0.3 is 15.0 Å². The van der Waals surface area contributed by atoms with E-state index in [4.69, 9.17) is 4.74 Å². The Kier molecular flexibility index (Phi) is 6.76. The molecule has 0 saturated heterocycles. The van der Waals surface area contributed by atoms with E-state index < -0.39 is 0 Å². The van der Waals surface area contributed by atoms with E-state index >= 15 is 0 Å². The third-order valence-corrected chi connectivity index (χ3v) is 3.05. The molecule has 1 N–H and O–H groups in total. The third-order valence-electron chi connectivity index (χ3n) is 3.05. The lowest BCUT2D eigenvalue weighted by Crippen LogP contribution is -2.32. The van der Waals surface area contributed by atoms with Gasteiger partial charge in [0.15, 0.2) is 0 Å². The molecule has 1 unspecified atom stereocenters. The standard InChI is InChI=1S/C15H26N2O/c1-5-6-14(12-18-4)16-11-13-7-9-15(10-8-13)17(2)3/h7-10,14,16H,5-6,11-12H2,1-4H3. The van der Waals surface area contributed by atoms with E-state index in [9.17, 15) is 0 Å². The van der Waals surface area contributed by atoms with Gasteiger partial charge in [0.25, 0.3) is 0 Å². The quantitative estimate of drug-likeness (QED) is 0.767. The molecule has 3 nitrogen and oxygen atoms in total. The van der Waals surface area contributed by atoms with E-state index in [-0.39, 0.29) is 0 Å². The highest BCUT2D eigenvalue weighted by molar-refractivity contribution is 5.45. The normalized spacial score (nSPS) is 12.4. The first kappa shape index (κ1) is 15.0. The molecule has 1 atom stereocenters. The second-order valence-electron chi connectivity index (χ2n) is 4.88. The van der Waals surface area contributed by atoms with Crippen LogP contribution < -0.4 is 10.2 Å². The molecule has 1 aromatic rings. The summed E-state index contributed by atoms with van der Waals surface area (Å²) in [4.78, 5) is 2.11. The zero-order valence-corrected chi connectivity index (χ0v) is 12.1. The minimum atomic E-state index is 0.452. The fourth-order valence-corrected chi connectivity index (χ4v) is 1.97. The Morgan fingerprint density at radius 3 is 2.39 bits per heavy atom. The predicted molar refractivity (Wildman–Crippen MR) is 78.2 cm³/mol. The summed E-state index contributed by atoms with van der Waals surface area (Å²) in [6, 6.07) is 9.12. The first-order valence-corrected chi connectivity index (χ1v) is 6.66. The van der Waals surface area contributed by atoms with Gasteiger partial charge in [-0.05, 0) is 24.1 Å². The van der Waals surface area contributed by atoms with Crippen LogP contribution in [0.5, 0.6) is 0 Å². The molecule has 102 valence electrons. The van der Waals surface area contributed by atoms with Crippen LogP contribution in [0.25, 0.3) is 0 Å². The van der Waals surface area contributed by atoms with Crippen molar-refractivity contribution in [3.8, 4) is 0 Å². The molecule has 0 heterocycles. The van der Waals surface area contributed by atoms with Crippen LogP contribution in [0.2, 0.25) is 0 Å². The zero-order chi connectivity index (χ0) is 13.4. The largest absolute Gasteiger partial charge is 0.383 e. The van der Waals surface area contributed by atoms with Gasteiger partial charge in [-0.2, -0.15) is 0 Å². The highest BCUT2D eigenvalue weighted by atomic mass is 16.5. The average Bonchev–Trinajstić information content (AvgIpc) is 2.37. The molecule has 0 spiro atoms. The fourth-order valence-electron chi connectivity index (χ4n) is 1.97. The van der Waals surface area contributed by atoms with Crippen LogP contribution in [-0.4, -0.2) is 33.9 Å². The SMILES string of the molecule is CCCC(COC)NCc1ccc(N(C)C)cc1. The van der Waals surface area contributed by atoms with E-state index in [1.165, 1.54) is 17.7 Å². The number of methoxy groups -OCH3 is 1. The number of anilines is 1. The van der Waals surface area contributed by atoms with Gasteiger partial charge in [-0.25, -0.2) is 0 Å². The molecule has 1 rings (SSSR count). The number of ether oxygens (including phenoxy) is 1. The highest BCUT2D eigenvalue weighted by Gasteiger charge is 2.06. The molecule has 0 amide bonds. The van der Waals surface area contributed by atoms with Crippen molar-refractivity contribution in [2.75, 3.05) is 32.7 Å². The van der Waals surface area contributed by atoms with Crippen molar-refractivity contribution >= 4 is 5.69 Å². The molecule has 0 radical (unpaired) electrons. The summed E-state index contributed by atoms with van der Waals surface area (Å²) in [5, 5.41) is 3.55. The van der Waals surface area contributed by atoms with Crippen molar-refractivity contribution in [3.05, 3.63) is 29.8 Å². The molecule has 0 aliphatic rings. The molecule has 0 fully saturated rings. The molecule has 0 saturated carbocycles. The lowest BCUT2D eigenvalue weighted by Gasteiger charge is -2.18. The number of nitrogens with zero attached hydrogens (tertiary/aromatic N) is 1. The topological polar surface area (TPSA) is 24.5 Å². The first-order valence-electron chi connectivity index (χ1n) is 6.66. The minimum absolute atomic E-state index is 0.452. The van der Waals surface area contributed by atoms with Crippen LogP contribution in [0.1, 0.15) is 25.3 Å². The van der Waals surface area contributed by atoms with Gasteiger partial charge in [-0.1, -0.05) is 25.5 Å². The third kappa shape index (κ3) is 5.07. The van der Waals surface area contributed by atoms with E-state index in [1.807, 2.05) is 0 Å². The van der Waals surface area contributed by atoms with Crippen molar-refractivity contribution in [2.45, 2.75) is 32.4 Å². The van der Waals surface area contributed by atoms with Crippen LogP contribution in [-0.2, 0) is 11.3 Å². The van der Waals surface area contributed by atoms with Crippen molar-refractivity contribution in [1.29, 1.82) is 0 Å². The molecular formula is C15H26N2O. The van der Waals surface area contributed by atoms with Gasteiger partial charge in [0.05, 0.1) is 6.61 Å². The summed E-state index contributed by atoms with van der Waals surface area (Å²) >= 11 is 0. The van der Waals surface area contributed by atoms with Crippen LogP contribution in [0.3, 0.4) is 0 Å². The highest BCUT2D eigenvalue weighted by Crippen LogP contribution is 2.12. The van der Waals surface area contributed by atoms with Crippen molar-refractivity contribution in [1.82, 2.24) is 5.32 Å². The Morgan fingerprint density at radius 1 is 1.22 bits per heavy atom. The van der Waals surface area contributed by atoms with Crippen LogP contribution in [0, 0.1) is 0 Å². The Labute approximate surface area is 111 Å². The maximum atomic E-state index is 5.23. The van der Waals surface area contributed by atoms with Crippen LogP contribution in [0.4, 0.5) is 5.69 Å². The minimum Gasteiger partial charge on any atom is -0.383 e. The first-order chi connectivity index (χ1) is 8.67. The fraction of sp³-hybridized carbons (Fsp3) is 0.600. The Morgan fingerprint density at radius 2 is 1.89 bits per heavy atom. The number of hydrogen-bond donors (Lipinski definition) is 1. The second-order valence-corrected chi connectivity index (χ2v) is 4.88. The molecular weight excluding hydrogens is 224 g/mol. The summed E-state index contributed by atoms with van der Waals surface area (Å²) in [7, 11) is 5.88. The van der Waals surface area contributed by atoms with Gasteiger partial charge in [-0.3, -0.25) is 0 Å². The molecule has 0 aromatic heterocycles. The van der Waals surface area contributed by atoms with E-state index in [0.717, 1.165) is 19.6 Å². The van der Waals surface area contributed by atoms with E-state index in [2.05, 4.69) is 55.5 Å². The van der Waals surface area contributed by atoms with Crippen molar-refractivity contribution < 1.29 is 4.74 Å². The molecule has 0 aliphatic carbocycles. The number of rotatable bonds is 8. The van der Waals surface area contributed by atoms with Crippen molar-refractivity contribution in [3.63, 3.8) is 0 Å². The number of benzene rings is 1. The predicted octanol–water partition coefficient (Wildman–Crippen LogP) is 2.66. The Hall–Kier alpha value is -1.06. The lowest BCUT2D eigenvalue weighted by atomic mass is 10.1. The maximum Gasteiger partial charge on any atom is 0.0615 e. The summed E-state index contributed by atoms with van der Waals surface area (Å²) in [5.41, 5.74) is 2.55. The smallest absolute Gasteiger partial charge is 0.0615 e. The summed E-state index contributed by atoms with van der Waals surface area (Å²) in [6.07, 6.45) is 2.34. The van der Waals surface area contributed by atoms with E-state index in [1.54, 1.807) is 7.11 Å². The summed E-state index contributed by atoms with van der Waals surface area (Å²) in [6.45, 7) is 3.89. The Bertz CT molecular complexity index is 316. The summed E-state index contributed by atoms with van der Waals surface area (Å²) < 4.78 is 5.23. The number of nitrogens with one attached hydrogen (secondary N) is 1. The Balaban J connectivity index is 2.46. The monoisotopic (exact) mass is 250 g/mol. The number of hydrogen-bond acceptors (Lipinski definition) is 3. The van der Waals surface area contributed by atoms with E-state index in [0.29, 0.717) is 6.04 Å². The van der Waals surface area contributed by atoms with Gasteiger partial charge in [-0.15, -0.1) is 0 Å². The zero-order valence-electron chi connectivity index (χ0n) is 12.1. The van der Waals surface area contributed by atoms with Crippen molar-refractivity contribution in [2.24, 2.45) is 0 Å². The molecule has 0 bridgehead atoms. The second kappa shape index (κ2) is 8.11. The maximum absolute atomic E-state index is 5.23. The van der Waals surface area contributed by atoms with Gasteiger partial charge >= 0.3 is 0 Å². The average molecular weight is 250 g/mol. The van der Waals surface area contributed by atoms with Crippen LogP contribution >= 0.6 is 0 Å². The molecule has 18 heavy (non-hydrogen) atoms. The van der Waals surface area contributed by atoms with Crippen LogP contribution in [0.15, 0.2) is 24.3 Å². The summed E-state index contributed by atoms with van der Waals surface area (Å²) in [5.74, 6) is 0. The van der Waals surface area contributed by atoms with Gasteiger partial charge in [0.1, 0.15) is 0 Å². The van der Waals surface area contributed by atoms with Gasteiger partial charge in [0, 0.05) is 39.5 Å². The molecule has 1 aromatic carbocycles. The van der Waals surface area contributed by atoms with Gasteiger partial charge in [0.2, 0.25) is 0 Å².